The molecule has 0 fully saturated rings. The van der Waals surface area contributed by atoms with Crippen molar-refractivity contribution in [2.24, 2.45) is 12.8 Å². The van der Waals surface area contributed by atoms with Crippen molar-refractivity contribution in [3.05, 3.63) is 35.5 Å². The average Bonchev–Trinajstić information content (AvgIpc) is 2.56. The number of amides is 1. The Labute approximate surface area is 94.9 Å². The number of aryl methyl sites for hydroxylation is 1. The monoisotopic (exact) mass is 216 g/mol. The van der Waals surface area contributed by atoms with Gasteiger partial charge in [-0.1, -0.05) is 19.9 Å². The van der Waals surface area contributed by atoms with Crippen LogP contribution in [0.1, 0.15) is 35.7 Å². The molecule has 1 aromatic heterocycles. The van der Waals surface area contributed by atoms with Crippen molar-refractivity contribution in [1.29, 1.82) is 0 Å². The highest BCUT2D eigenvalue weighted by molar-refractivity contribution is 5.97. The molecule has 1 heterocycles. The lowest BCUT2D eigenvalue weighted by Crippen LogP contribution is -2.10. The predicted octanol–water partition coefficient (Wildman–Crippen LogP) is 2.40. The van der Waals surface area contributed by atoms with E-state index in [0.717, 1.165) is 5.52 Å². The fourth-order valence-corrected chi connectivity index (χ4v) is 2.03. The summed E-state index contributed by atoms with van der Waals surface area (Å²) in [5.74, 6) is 0.0947. The number of primary amides is 1. The highest BCUT2D eigenvalue weighted by Crippen LogP contribution is 2.27. The molecule has 2 aromatic rings. The van der Waals surface area contributed by atoms with Crippen molar-refractivity contribution in [3.63, 3.8) is 0 Å². The van der Waals surface area contributed by atoms with Gasteiger partial charge in [0, 0.05) is 29.7 Å². The molecule has 0 bridgehead atoms. The molecule has 2 rings (SSSR count). The van der Waals surface area contributed by atoms with E-state index in [1.54, 1.807) is 6.07 Å². The quantitative estimate of drug-likeness (QED) is 0.823. The van der Waals surface area contributed by atoms with Gasteiger partial charge >= 0.3 is 0 Å². The van der Waals surface area contributed by atoms with Crippen LogP contribution >= 0.6 is 0 Å². The van der Waals surface area contributed by atoms with Crippen LogP contribution in [-0.4, -0.2) is 10.5 Å². The van der Waals surface area contributed by atoms with E-state index < -0.39 is 0 Å². The Hall–Kier alpha value is -1.77. The molecule has 0 aliphatic heterocycles. The second kappa shape index (κ2) is 3.67. The highest BCUT2D eigenvalue weighted by atomic mass is 16.1. The number of nitrogens with zero attached hydrogens (tertiary/aromatic N) is 1. The molecule has 84 valence electrons. The van der Waals surface area contributed by atoms with Crippen LogP contribution in [0.15, 0.2) is 24.4 Å². The van der Waals surface area contributed by atoms with Gasteiger partial charge in [-0.3, -0.25) is 4.79 Å². The molecule has 0 radical (unpaired) electrons. The number of carbonyl (C=O) groups is 1. The maximum absolute atomic E-state index is 11.1. The molecule has 0 aliphatic carbocycles. The third-order valence-electron chi connectivity index (χ3n) is 2.93. The molecular weight excluding hydrogens is 200 g/mol. The summed E-state index contributed by atoms with van der Waals surface area (Å²) in [5, 5.41) is 1.20. The first-order chi connectivity index (χ1) is 7.50. The molecule has 16 heavy (non-hydrogen) atoms. The Bertz CT molecular complexity index is 552. The molecule has 1 aromatic carbocycles. The van der Waals surface area contributed by atoms with E-state index in [9.17, 15) is 4.79 Å². The topological polar surface area (TPSA) is 48.0 Å². The van der Waals surface area contributed by atoms with Crippen molar-refractivity contribution >= 4 is 16.8 Å². The van der Waals surface area contributed by atoms with Crippen LogP contribution in [0.25, 0.3) is 10.9 Å². The van der Waals surface area contributed by atoms with E-state index >= 15 is 0 Å². The fourth-order valence-electron chi connectivity index (χ4n) is 2.03. The van der Waals surface area contributed by atoms with Gasteiger partial charge in [0.25, 0.3) is 0 Å². The maximum atomic E-state index is 11.1. The Morgan fingerprint density at radius 1 is 1.38 bits per heavy atom. The fraction of sp³-hybridized carbons (Fsp3) is 0.308. The van der Waals surface area contributed by atoms with Crippen molar-refractivity contribution < 1.29 is 4.79 Å². The SMILES string of the molecule is CC(C)c1cn(C)c2cc(C(N)=O)ccc12. The maximum Gasteiger partial charge on any atom is 0.248 e. The number of benzene rings is 1. The molecule has 3 heteroatoms. The van der Waals surface area contributed by atoms with Gasteiger partial charge in [0.05, 0.1) is 0 Å². The zero-order valence-corrected chi connectivity index (χ0v) is 9.82. The normalized spacial score (nSPS) is 11.2. The zero-order chi connectivity index (χ0) is 11.9. The number of carbonyl (C=O) groups excluding carboxylic acids is 1. The summed E-state index contributed by atoms with van der Waals surface area (Å²) >= 11 is 0. The number of fused-ring (bicyclic) bond motifs is 1. The summed E-state index contributed by atoms with van der Waals surface area (Å²) in [6.45, 7) is 4.33. The van der Waals surface area contributed by atoms with E-state index in [-0.39, 0.29) is 5.91 Å². The van der Waals surface area contributed by atoms with E-state index in [1.165, 1.54) is 10.9 Å². The van der Waals surface area contributed by atoms with Gasteiger partial charge in [-0.15, -0.1) is 0 Å². The van der Waals surface area contributed by atoms with Gasteiger partial charge in [-0.2, -0.15) is 0 Å². The van der Waals surface area contributed by atoms with Gasteiger partial charge in [-0.25, -0.2) is 0 Å². The van der Waals surface area contributed by atoms with Gasteiger partial charge in [-0.05, 0) is 23.6 Å². The van der Waals surface area contributed by atoms with E-state index in [4.69, 9.17) is 5.73 Å². The summed E-state index contributed by atoms with van der Waals surface area (Å²) in [5.41, 5.74) is 8.19. The van der Waals surface area contributed by atoms with Crippen LogP contribution in [0.5, 0.6) is 0 Å². The molecule has 0 spiro atoms. The second-order valence-electron chi connectivity index (χ2n) is 4.45. The molecule has 0 aliphatic rings. The molecular formula is C13H16N2O. The van der Waals surface area contributed by atoms with E-state index in [1.807, 2.05) is 23.7 Å². The predicted molar refractivity (Wildman–Crippen MR) is 65.5 cm³/mol. The van der Waals surface area contributed by atoms with Gasteiger partial charge < -0.3 is 10.3 Å². The Balaban J connectivity index is 2.71. The first kappa shape index (κ1) is 10.7. The molecule has 0 saturated heterocycles. The van der Waals surface area contributed by atoms with Gasteiger partial charge in [0.15, 0.2) is 0 Å². The van der Waals surface area contributed by atoms with Crippen LogP contribution < -0.4 is 5.73 Å². The van der Waals surface area contributed by atoms with Crippen molar-refractivity contribution in [2.45, 2.75) is 19.8 Å². The summed E-state index contributed by atoms with van der Waals surface area (Å²) in [4.78, 5) is 11.1. The van der Waals surface area contributed by atoms with Gasteiger partial charge in [0.2, 0.25) is 5.91 Å². The minimum absolute atomic E-state index is 0.380. The smallest absolute Gasteiger partial charge is 0.248 e. The first-order valence-corrected chi connectivity index (χ1v) is 5.39. The summed E-state index contributed by atoms with van der Waals surface area (Å²) < 4.78 is 2.04. The molecule has 3 nitrogen and oxygen atoms in total. The lowest BCUT2D eigenvalue weighted by molar-refractivity contribution is 0.100. The zero-order valence-electron chi connectivity index (χ0n) is 9.82. The summed E-state index contributed by atoms with van der Waals surface area (Å²) in [7, 11) is 1.99. The Morgan fingerprint density at radius 2 is 2.06 bits per heavy atom. The second-order valence-corrected chi connectivity index (χ2v) is 4.45. The Morgan fingerprint density at radius 3 is 2.62 bits per heavy atom. The van der Waals surface area contributed by atoms with Crippen molar-refractivity contribution in [3.8, 4) is 0 Å². The minimum Gasteiger partial charge on any atom is -0.366 e. The Kier molecular flexibility index (Phi) is 2.46. The van der Waals surface area contributed by atoms with Crippen LogP contribution in [0.4, 0.5) is 0 Å². The van der Waals surface area contributed by atoms with Crippen LogP contribution in [0.2, 0.25) is 0 Å². The molecule has 0 atom stereocenters. The lowest BCUT2D eigenvalue weighted by Gasteiger charge is -2.02. The molecule has 0 unspecified atom stereocenters. The van der Waals surface area contributed by atoms with Crippen LogP contribution in [-0.2, 0) is 7.05 Å². The van der Waals surface area contributed by atoms with Crippen molar-refractivity contribution in [1.82, 2.24) is 4.57 Å². The third kappa shape index (κ3) is 1.58. The van der Waals surface area contributed by atoms with E-state index in [0.29, 0.717) is 11.5 Å². The number of hydrogen-bond donors (Lipinski definition) is 1. The van der Waals surface area contributed by atoms with Crippen molar-refractivity contribution in [2.75, 3.05) is 0 Å². The van der Waals surface area contributed by atoms with E-state index in [2.05, 4.69) is 20.0 Å². The first-order valence-electron chi connectivity index (χ1n) is 5.39. The number of hydrogen-bond acceptors (Lipinski definition) is 1. The van der Waals surface area contributed by atoms with Gasteiger partial charge in [0.1, 0.15) is 0 Å². The minimum atomic E-state index is -0.380. The number of aromatic nitrogens is 1. The standard InChI is InChI=1S/C13H16N2O/c1-8(2)11-7-15(3)12-6-9(13(14)16)4-5-10(11)12/h4-8H,1-3H3,(H2,14,16). The molecule has 2 N–H and O–H groups in total. The summed E-state index contributed by atoms with van der Waals surface area (Å²) in [6.07, 6.45) is 2.11. The molecule has 0 saturated carbocycles. The van der Waals surface area contributed by atoms with Crippen LogP contribution in [0.3, 0.4) is 0 Å². The molecule has 1 amide bonds. The highest BCUT2D eigenvalue weighted by Gasteiger charge is 2.11. The largest absolute Gasteiger partial charge is 0.366 e. The number of nitrogens with two attached hydrogens (primary N) is 1. The lowest BCUT2D eigenvalue weighted by atomic mass is 10.0. The number of rotatable bonds is 2. The van der Waals surface area contributed by atoms with Crippen LogP contribution in [0, 0.1) is 0 Å². The average molecular weight is 216 g/mol. The third-order valence-corrected chi connectivity index (χ3v) is 2.93. The summed E-state index contributed by atoms with van der Waals surface area (Å²) in [6, 6.07) is 5.62.